The Kier molecular flexibility index (Phi) is 11.4. The topological polar surface area (TPSA) is 198 Å². The lowest BCUT2D eigenvalue weighted by Crippen LogP contribution is -2.65. The van der Waals surface area contributed by atoms with Crippen molar-refractivity contribution in [3.63, 3.8) is 0 Å². The van der Waals surface area contributed by atoms with Crippen LogP contribution in [0.4, 0.5) is 0 Å². The number of rotatable bonds is 8. The lowest BCUT2D eigenvalue weighted by molar-refractivity contribution is -0.218. The second-order valence-electron chi connectivity index (χ2n) is 12.5. The van der Waals surface area contributed by atoms with Gasteiger partial charge >= 0.3 is 35.8 Å². The van der Waals surface area contributed by atoms with Gasteiger partial charge in [0.25, 0.3) is 0 Å². The fourth-order valence-corrected chi connectivity index (χ4v) is 6.98. The average molecular weight is 653 g/mol. The summed E-state index contributed by atoms with van der Waals surface area (Å²) < 4.78 is 34.0. The van der Waals surface area contributed by atoms with Gasteiger partial charge in [0.2, 0.25) is 0 Å². The first kappa shape index (κ1) is 36.7. The molecule has 0 aromatic rings. The van der Waals surface area contributed by atoms with Gasteiger partial charge in [0, 0.05) is 46.5 Å². The van der Waals surface area contributed by atoms with Gasteiger partial charge < -0.3 is 38.6 Å². The molecule has 1 fully saturated rings. The maximum atomic E-state index is 13.1. The summed E-state index contributed by atoms with van der Waals surface area (Å²) in [6, 6.07) is 0. The molecule has 256 valence electrons. The minimum absolute atomic E-state index is 0.0216. The summed E-state index contributed by atoms with van der Waals surface area (Å²) >= 11 is 0. The molecule has 0 aromatic heterocycles. The van der Waals surface area contributed by atoms with Crippen LogP contribution in [0.5, 0.6) is 0 Å². The van der Waals surface area contributed by atoms with Crippen LogP contribution in [0.25, 0.3) is 0 Å². The Hall–Kier alpha value is -3.78. The highest BCUT2D eigenvalue weighted by Gasteiger charge is 2.67. The molecule has 14 nitrogen and oxygen atoms in total. The van der Waals surface area contributed by atoms with Gasteiger partial charge in [-0.15, -0.1) is 0 Å². The summed E-state index contributed by atoms with van der Waals surface area (Å²) in [4.78, 5) is 75.3. The van der Waals surface area contributed by atoms with Crippen molar-refractivity contribution in [2.45, 2.75) is 117 Å². The first-order valence-corrected chi connectivity index (χ1v) is 15.1. The van der Waals surface area contributed by atoms with Crippen LogP contribution >= 0.6 is 0 Å². The number of ether oxygens (including phenoxy) is 6. The zero-order valence-electron chi connectivity index (χ0n) is 27.4. The van der Waals surface area contributed by atoms with Gasteiger partial charge in [0.1, 0.15) is 30.5 Å². The molecule has 1 heterocycles. The minimum Gasteiger partial charge on any atom is -0.462 e. The Morgan fingerprint density at radius 2 is 1.57 bits per heavy atom. The second kappa shape index (κ2) is 14.3. The van der Waals surface area contributed by atoms with Gasteiger partial charge in [-0.25, -0.2) is 0 Å². The van der Waals surface area contributed by atoms with Crippen molar-refractivity contribution in [2.24, 2.45) is 17.3 Å². The molecular weight excluding hydrogens is 608 g/mol. The normalized spacial score (nSPS) is 35.8. The first-order chi connectivity index (χ1) is 21.4. The summed E-state index contributed by atoms with van der Waals surface area (Å²) in [7, 11) is 0. The maximum Gasteiger partial charge on any atom is 0.312 e. The predicted octanol–water partition coefficient (Wildman–Crippen LogP) is 1.62. The Balaban J connectivity index is 2.36. The van der Waals surface area contributed by atoms with Crippen molar-refractivity contribution < 1.29 is 67.4 Å². The quantitative estimate of drug-likeness (QED) is 0.218. The molecule has 0 saturated carbocycles. The summed E-state index contributed by atoms with van der Waals surface area (Å²) in [6.07, 6.45) is -5.03. The molecule has 0 amide bonds. The molecule has 3 rings (SSSR count). The smallest absolute Gasteiger partial charge is 0.312 e. The molecular formula is C32H44O14. The minimum atomic E-state index is -2.27. The Morgan fingerprint density at radius 3 is 2.11 bits per heavy atom. The standard InChI is InChI=1S/C32H44O14/c1-15-9-10-24(42-19(5)35)31(8)25(43-20(6)36)13-23(45-27(38)11-16(2)41-18(4)34)22(14-33)12-26-32(40,17(3)30(39)46-26)29(28(15)31)44-21(7)37/h9,12,16-17,23-26,28-29,33,40H,10-11,13-14H2,1-8H3/b22-12-/t16?,17?,23-,24?,25-,26?,28?,29-,31-,32?/m1/s1. The maximum absolute atomic E-state index is 13.1. The lowest BCUT2D eigenvalue weighted by Gasteiger charge is -2.55. The second-order valence-corrected chi connectivity index (χ2v) is 12.5. The molecule has 3 aliphatic rings. The molecule has 1 aliphatic heterocycles. The van der Waals surface area contributed by atoms with Crippen LogP contribution < -0.4 is 0 Å². The summed E-state index contributed by atoms with van der Waals surface area (Å²) in [5.41, 5.74) is -3.20. The van der Waals surface area contributed by atoms with Crippen LogP contribution in [0.1, 0.15) is 74.7 Å². The van der Waals surface area contributed by atoms with E-state index in [4.69, 9.17) is 28.4 Å². The lowest BCUT2D eigenvalue weighted by atomic mass is 9.56. The Bertz CT molecular complexity index is 1300. The van der Waals surface area contributed by atoms with Gasteiger partial charge in [0.05, 0.1) is 24.4 Å². The molecule has 14 heteroatoms. The van der Waals surface area contributed by atoms with Crippen LogP contribution in [-0.2, 0) is 57.2 Å². The van der Waals surface area contributed by atoms with Crippen LogP contribution in [-0.4, -0.2) is 94.9 Å². The third kappa shape index (κ3) is 7.43. The van der Waals surface area contributed by atoms with E-state index in [1.54, 1.807) is 19.9 Å². The van der Waals surface area contributed by atoms with E-state index in [1.165, 1.54) is 33.8 Å². The number of carbonyl (C=O) groups is 6. The first-order valence-electron chi connectivity index (χ1n) is 15.1. The number of aliphatic hydroxyl groups is 2. The Morgan fingerprint density at radius 1 is 0.978 bits per heavy atom. The van der Waals surface area contributed by atoms with Crippen molar-refractivity contribution in [1.29, 1.82) is 0 Å². The molecule has 2 N–H and O–H groups in total. The van der Waals surface area contributed by atoms with Gasteiger partial charge in [-0.2, -0.15) is 0 Å². The number of fused-ring (bicyclic) bond motifs is 2. The van der Waals surface area contributed by atoms with Gasteiger partial charge in [-0.1, -0.05) is 18.6 Å². The van der Waals surface area contributed by atoms with E-state index in [0.29, 0.717) is 5.57 Å². The highest BCUT2D eigenvalue weighted by Crippen LogP contribution is 2.55. The van der Waals surface area contributed by atoms with E-state index in [9.17, 15) is 39.0 Å². The van der Waals surface area contributed by atoms with Crippen molar-refractivity contribution in [3.8, 4) is 0 Å². The molecule has 1 saturated heterocycles. The fraction of sp³-hybridized carbons (Fsp3) is 0.688. The summed E-state index contributed by atoms with van der Waals surface area (Å²) in [6.45, 7) is 10.2. The summed E-state index contributed by atoms with van der Waals surface area (Å²) in [5.74, 6) is -6.80. The number of hydrogen-bond acceptors (Lipinski definition) is 14. The molecule has 10 atom stereocenters. The Labute approximate surface area is 267 Å². The zero-order valence-corrected chi connectivity index (χ0v) is 27.4. The number of esters is 6. The molecule has 6 unspecified atom stereocenters. The molecule has 46 heavy (non-hydrogen) atoms. The van der Waals surface area contributed by atoms with Crippen LogP contribution in [0.3, 0.4) is 0 Å². The number of aliphatic hydroxyl groups excluding tert-OH is 1. The van der Waals surface area contributed by atoms with E-state index >= 15 is 0 Å². The largest absolute Gasteiger partial charge is 0.462 e. The van der Waals surface area contributed by atoms with Crippen molar-refractivity contribution in [1.82, 2.24) is 0 Å². The van der Waals surface area contributed by atoms with Crippen LogP contribution in [0.2, 0.25) is 0 Å². The predicted molar refractivity (Wildman–Crippen MR) is 156 cm³/mol. The van der Waals surface area contributed by atoms with Gasteiger partial charge in [-0.05, 0) is 32.4 Å². The molecule has 2 aliphatic carbocycles. The molecule has 0 bridgehead atoms. The monoisotopic (exact) mass is 652 g/mol. The van der Waals surface area contributed by atoms with Gasteiger partial charge in [-0.3, -0.25) is 28.8 Å². The zero-order chi connectivity index (χ0) is 34.7. The average Bonchev–Trinajstić information content (AvgIpc) is 3.14. The van der Waals surface area contributed by atoms with Gasteiger partial charge in [0.15, 0.2) is 11.7 Å². The highest BCUT2D eigenvalue weighted by molar-refractivity contribution is 5.78. The van der Waals surface area contributed by atoms with Crippen molar-refractivity contribution in [2.75, 3.05) is 6.61 Å². The van der Waals surface area contributed by atoms with E-state index in [0.717, 1.165) is 13.8 Å². The van der Waals surface area contributed by atoms with E-state index in [1.807, 2.05) is 0 Å². The van der Waals surface area contributed by atoms with E-state index in [-0.39, 0.29) is 24.8 Å². The molecule has 0 radical (unpaired) electrons. The van der Waals surface area contributed by atoms with Crippen molar-refractivity contribution >= 4 is 35.8 Å². The van der Waals surface area contributed by atoms with Crippen LogP contribution in [0.15, 0.2) is 23.3 Å². The SMILES string of the molecule is CC(=O)OC(C)CC(=O)O[C@@H]1C[C@@H](OC(C)=O)[C@@]2(C)C(OC(C)=O)CC=C(C)C2[C@@H](OC(C)=O)C2(O)C(/C=C\1CO)OC(=O)C2C. The molecule has 0 aromatic carbocycles. The number of hydrogen-bond donors (Lipinski definition) is 2. The highest BCUT2D eigenvalue weighted by atomic mass is 16.6. The number of carbonyl (C=O) groups excluding carboxylic acids is 6. The van der Waals surface area contributed by atoms with E-state index in [2.05, 4.69) is 0 Å². The third-order valence-electron chi connectivity index (χ3n) is 9.10. The summed E-state index contributed by atoms with van der Waals surface area (Å²) in [5, 5.41) is 23.1. The molecule has 0 spiro atoms. The fourth-order valence-electron chi connectivity index (χ4n) is 6.98. The van der Waals surface area contributed by atoms with Crippen molar-refractivity contribution in [3.05, 3.63) is 23.3 Å². The third-order valence-corrected chi connectivity index (χ3v) is 9.10. The van der Waals surface area contributed by atoms with E-state index < -0.39 is 102 Å². The van der Waals surface area contributed by atoms with Crippen LogP contribution in [0, 0.1) is 17.3 Å².